The van der Waals surface area contributed by atoms with E-state index >= 15 is 0 Å². The average molecular weight is 355 g/mol. The molecule has 0 saturated carbocycles. The number of anilines is 1. The summed E-state index contributed by atoms with van der Waals surface area (Å²) < 4.78 is 18.3. The zero-order chi connectivity index (χ0) is 18.7. The number of aromatic nitrogens is 1. The summed E-state index contributed by atoms with van der Waals surface area (Å²) in [5.74, 6) is -0.368. The summed E-state index contributed by atoms with van der Waals surface area (Å²) in [6.07, 6.45) is 0. The van der Waals surface area contributed by atoms with Crippen LogP contribution in [-0.4, -0.2) is 42.4 Å². The molecule has 2 aromatic carbocycles. The minimum Gasteiger partial charge on any atom is -0.497 e. The van der Waals surface area contributed by atoms with Crippen LogP contribution < -0.4 is 10.1 Å². The molecule has 0 aliphatic carbocycles. The lowest BCUT2D eigenvalue weighted by Gasteiger charge is -2.16. The number of fused-ring (bicyclic) bond motifs is 1. The first-order valence-electron chi connectivity index (χ1n) is 7.94. The maximum Gasteiger partial charge on any atom is 0.270 e. The maximum absolute atomic E-state index is 13.3. The number of rotatable bonds is 5. The molecular formula is C19H18FN3O3. The number of H-pyrrole nitrogens is 1. The Labute approximate surface area is 149 Å². The lowest BCUT2D eigenvalue weighted by atomic mass is 10.2. The van der Waals surface area contributed by atoms with Crippen LogP contribution in [-0.2, 0) is 4.79 Å². The molecule has 0 atom stereocenters. The van der Waals surface area contributed by atoms with E-state index in [1.807, 2.05) is 0 Å². The Bertz CT molecular complexity index is 950. The van der Waals surface area contributed by atoms with Gasteiger partial charge < -0.3 is 19.9 Å². The SMILES string of the molecule is COc1ccc(NC(=O)CN(C)C(=O)c2cc3cc(F)ccc3[nH]2)cc1. The summed E-state index contributed by atoms with van der Waals surface area (Å²) in [5, 5.41) is 3.32. The maximum atomic E-state index is 13.3. The molecule has 2 N–H and O–H groups in total. The van der Waals surface area contributed by atoms with Gasteiger partial charge in [0.25, 0.3) is 5.91 Å². The number of likely N-dealkylation sites (N-methyl/N-ethyl adjacent to an activating group) is 1. The number of aromatic amines is 1. The van der Waals surface area contributed by atoms with Crippen LogP contribution in [0.25, 0.3) is 10.9 Å². The topological polar surface area (TPSA) is 74.4 Å². The smallest absolute Gasteiger partial charge is 0.270 e. The second-order valence-corrected chi connectivity index (χ2v) is 5.85. The molecule has 1 heterocycles. The number of carbonyl (C=O) groups is 2. The summed E-state index contributed by atoms with van der Waals surface area (Å²) in [6.45, 7) is -0.116. The second kappa shape index (κ2) is 7.26. The highest BCUT2D eigenvalue weighted by atomic mass is 19.1. The lowest BCUT2D eigenvalue weighted by Crippen LogP contribution is -2.35. The molecule has 0 bridgehead atoms. The molecule has 7 heteroatoms. The van der Waals surface area contributed by atoms with Gasteiger partial charge in [0.15, 0.2) is 0 Å². The Morgan fingerprint density at radius 3 is 2.58 bits per heavy atom. The first-order chi connectivity index (χ1) is 12.5. The van der Waals surface area contributed by atoms with Gasteiger partial charge in [-0.1, -0.05) is 0 Å². The Kier molecular flexibility index (Phi) is 4.88. The van der Waals surface area contributed by atoms with Crippen molar-refractivity contribution in [3.63, 3.8) is 0 Å². The molecule has 0 radical (unpaired) electrons. The van der Waals surface area contributed by atoms with Crippen molar-refractivity contribution in [1.82, 2.24) is 9.88 Å². The summed E-state index contributed by atoms with van der Waals surface area (Å²) in [5.41, 5.74) is 1.56. The van der Waals surface area contributed by atoms with Crippen molar-refractivity contribution < 1.29 is 18.7 Å². The number of methoxy groups -OCH3 is 1. The zero-order valence-electron chi connectivity index (χ0n) is 14.4. The number of halogens is 1. The van der Waals surface area contributed by atoms with Crippen LogP contribution in [0.4, 0.5) is 10.1 Å². The Morgan fingerprint density at radius 1 is 1.15 bits per heavy atom. The van der Waals surface area contributed by atoms with E-state index < -0.39 is 0 Å². The van der Waals surface area contributed by atoms with E-state index in [0.717, 1.165) is 0 Å². The number of nitrogens with one attached hydrogen (secondary N) is 2. The fourth-order valence-corrected chi connectivity index (χ4v) is 2.59. The van der Waals surface area contributed by atoms with Gasteiger partial charge in [0.1, 0.15) is 17.3 Å². The van der Waals surface area contributed by atoms with Gasteiger partial charge in [-0.3, -0.25) is 9.59 Å². The van der Waals surface area contributed by atoms with E-state index in [4.69, 9.17) is 4.74 Å². The van der Waals surface area contributed by atoms with E-state index in [0.29, 0.717) is 28.0 Å². The second-order valence-electron chi connectivity index (χ2n) is 5.85. The van der Waals surface area contributed by atoms with Crippen LogP contribution in [0.5, 0.6) is 5.75 Å². The standard InChI is InChI=1S/C19H18FN3O3/c1-23(11-18(24)21-14-4-6-15(26-2)7-5-14)19(25)17-10-12-9-13(20)3-8-16(12)22-17/h3-10,22H,11H2,1-2H3,(H,21,24). The molecule has 6 nitrogen and oxygen atoms in total. The third-order valence-electron chi connectivity index (χ3n) is 3.91. The molecule has 1 aromatic heterocycles. The van der Waals surface area contributed by atoms with Crippen LogP contribution >= 0.6 is 0 Å². The molecule has 0 spiro atoms. The van der Waals surface area contributed by atoms with E-state index in [9.17, 15) is 14.0 Å². The molecule has 0 fully saturated rings. The number of nitrogens with zero attached hydrogens (tertiary/aromatic N) is 1. The summed E-state index contributed by atoms with van der Waals surface area (Å²) in [4.78, 5) is 28.8. The number of hydrogen-bond acceptors (Lipinski definition) is 3. The number of ether oxygens (including phenoxy) is 1. The highest BCUT2D eigenvalue weighted by molar-refractivity contribution is 6.01. The van der Waals surface area contributed by atoms with Gasteiger partial charge in [-0.05, 0) is 48.5 Å². The molecule has 0 unspecified atom stereocenters. The van der Waals surface area contributed by atoms with Crippen LogP contribution in [0, 0.1) is 5.82 Å². The van der Waals surface area contributed by atoms with Crippen molar-refractivity contribution in [2.75, 3.05) is 26.0 Å². The Morgan fingerprint density at radius 2 is 1.88 bits per heavy atom. The van der Waals surface area contributed by atoms with Crippen molar-refractivity contribution in [3.8, 4) is 5.75 Å². The van der Waals surface area contributed by atoms with Crippen molar-refractivity contribution in [3.05, 3.63) is 60.0 Å². The number of hydrogen-bond donors (Lipinski definition) is 2. The van der Waals surface area contributed by atoms with Gasteiger partial charge >= 0.3 is 0 Å². The molecule has 2 amide bonds. The molecule has 26 heavy (non-hydrogen) atoms. The minimum atomic E-state index is -0.372. The zero-order valence-corrected chi connectivity index (χ0v) is 14.4. The average Bonchev–Trinajstić information content (AvgIpc) is 3.04. The van der Waals surface area contributed by atoms with Crippen molar-refractivity contribution in [2.24, 2.45) is 0 Å². The van der Waals surface area contributed by atoms with Gasteiger partial charge in [-0.2, -0.15) is 0 Å². The minimum absolute atomic E-state index is 0.116. The first-order valence-corrected chi connectivity index (χ1v) is 7.94. The van der Waals surface area contributed by atoms with Gasteiger partial charge in [0, 0.05) is 23.6 Å². The predicted octanol–water partition coefficient (Wildman–Crippen LogP) is 3.03. The molecular weight excluding hydrogens is 337 g/mol. The summed E-state index contributed by atoms with van der Waals surface area (Å²) in [7, 11) is 3.09. The number of amides is 2. The number of benzene rings is 2. The monoisotopic (exact) mass is 355 g/mol. The van der Waals surface area contributed by atoms with Crippen molar-refractivity contribution in [2.45, 2.75) is 0 Å². The lowest BCUT2D eigenvalue weighted by molar-refractivity contribution is -0.116. The van der Waals surface area contributed by atoms with Crippen LogP contribution in [0.3, 0.4) is 0 Å². The molecule has 0 aliphatic rings. The normalized spacial score (nSPS) is 10.6. The van der Waals surface area contributed by atoms with E-state index in [1.54, 1.807) is 43.5 Å². The largest absolute Gasteiger partial charge is 0.497 e. The van der Waals surface area contributed by atoms with Crippen LogP contribution in [0.1, 0.15) is 10.5 Å². The molecule has 3 aromatic rings. The highest BCUT2D eigenvalue weighted by Crippen LogP contribution is 2.18. The fourth-order valence-electron chi connectivity index (χ4n) is 2.59. The van der Waals surface area contributed by atoms with Crippen LogP contribution in [0.2, 0.25) is 0 Å². The Hall–Kier alpha value is -3.35. The third kappa shape index (κ3) is 3.83. The predicted molar refractivity (Wildman–Crippen MR) is 96.8 cm³/mol. The molecule has 0 aliphatic heterocycles. The van der Waals surface area contributed by atoms with E-state index in [2.05, 4.69) is 10.3 Å². The van der Waals surface area contributed by atoms with E-state index in [-0.39, 0.29) is 24.2 Å². The molecule has 134 valence electrons. The van der Waals surface area contributed by atoms with Crippen molar-refractivity contribution >= 4 is 28.4 Å². The van der Waals surface area contributed by atoms with Crippen molar-refractivity contribution in [1.29, 1.82) is 0 Å². The quantitative estimate of drug-likeness (QED) is 0.739. The van der Waals surface area contributed by atoms with E-state index in [1.165, 1.54) is 24.1 Å². The molecule has 3 rings (SSSR count). The summed E-state index contributed by atoms with van der Waals surface area (Å²) >= 11 is 0. The van der Waals surface area contributed by atoms with Gasteiger partial charge in [0.05, 0.1) is 13.7 Å². The van der Waals surface area contributed by atoms with Gasteiger partial charge in [0.2, 0.25) is 5.91 Å². The fraction of sp³-hybridized carbons (Fsp3) is 0.158. The highest BCUT2D eigenvalue weighted by Gasteiger charge is 2.17. The Balaban J connectivity index is 1.64. The molecule has 0 saturated heterocycles. The van der Waals surface area contributed by atoms with Crippen LogP contribution in [0.15, 0.2) is 48.5 Å². The van der Waals surface area contributed by atoms with Gasteiger partial charge in [-0.15, -0.1) is 0 Å². The first kappa shape index (κ1) is 17.5. The van der Waals surface area contributed by atoms with Gasteiger partial charge in [-0.25, -0.2) is 4.39 Å². The third-order valence-corrected chi connectivity index (χ3v) is 3.91. The number of carbonyl (C=O) groups excluding carboxylic acids is 2. The summed E-state index contributed by atoms with van der Waals surface area (Å²) in [6, 6.07) is 12.7.